The van der Waals surface area contributed by atoms with Crippen molar-refractivity contribution in [3.05, 3.63) is 69.3 Å². The third kappa shape index (κ3) is 5.75. The van der Waals surface area contributed by atoms with Crippen LogP contribution in [0.5, 0.6) is 0 Å². The van der Waals surface area contributed by atoms with E-state index in [-0.39, 0.29) is 30.1 Å². The Morgan fingerprint density at radius 2 is 1.81 bits per heavy atom. The number of halogens is 3. The van der Waals surface area contributed by atoms with Gasteiger partial charge >= 0.3 is 6.18 Å². The van der Waals surface area contributed by atoms with E-state index in [0.29, 0.717) is 5.56 Å². The molecule has 0 radical (unpaired) electrons. The van der Waals surface area contributed by atoms with Gasteiger partial charge < -0.3 is 10.1 Å². The van der Waals surface area contributed by atoms with Crippen LogP contribution >= 0.6 is 0 Å². The van der Waals surface area contributed by atoms with Gasteiger partial charge in [0.15, 0.2) is 0 Å². The number of nitro benzene ring substituents is 1. The van der Waals surface area contributed by atoms with Gasteiger partial charge in [0.2, 0.25) is 0 Å². The summed E-state index contributed by atoms with van der Waals surface area (Å²) in [6.45, 7) is -1.19. The number of rotatable bonds is 7. The van der Waals surface area contributed by atoms with Crippen molar-refractivity contribution in [1.82, 2.24) is 0 Å². The van der Waals surface area contributed by atoms with Gasteiger partial charge in [0.1, 0.15) is 12.3 Å². The minimum Gasteiger partial charge on any atom is -0.375 e. The first-order valence-electron chi connectivity index (χ1n) is 7.43. The third-order valence-electron chi connectivity index (χ3n) is 3.36. The lowest BCUT2D eigenvalue weighted by Gasteiger charge is -2.09. The lowest BCUT2D eigenvalue weighted by molar-refractivity contribution is -0.384. The molecule has 0 aliphatic carbocycles. The highest BCUT2D eigenvalue weighted by Crippen LogP contribution is 2.26. The maximum atomic E-state index is 12.0. The van der Waals surface area contributed by atoms with Crippen molar-refractivity contribution >= 4 is 11.4 Å². The summed E-state index contributed by atoms with van der Waals surface area (Å²) in [6, 6.07) is 12.6. The molecular weight excluding hydrogens is 351 g/mol. The first kappa shape index (κ1) is 19.2. The molecule has 2 aromatic rings. The lowest BCUT2D eigenvalue weighted by Crippen LogP contribution is -2.16. The Balaban J connectivity index is 1.96. The summed E-state index contributed by atoms with van der Waals surface area (Å²) in [7, 11) is 0. The third-order valence-corrected chi connectivity index (χ3v) is 3.36. The van der Waals surface area contributed by atoms with Gasteiger partial charge in [0, 0.05) is 12.6 Å². The van der Waals surface area contributed by atoms with Crippen LogP contribution in [0.4, 0.5) is 24.5 Å². The molecule has 2 aromatic carbocycles. The highest BCUT2D eigenvalue weighted by atomic mass is 19.4. The fourth-order valence-corrected chi connectivity index (χ4v) is 2.14. The molecule has 0 fully saturated rings. The predicted octanol–water partition coefficient (Wildman–Crippen LogP) is 4.16. The van der Waals surface area contributed by atoms with Gasteiger partial charge in [-0.1, -0.05) is 24.3 Å². The van der Waals surface area contributed by atoms with Gasteiger partial charge in [-0.25, -0.2) is 0 Å². The molecule has 0 spiro atoms. The molecule has 0 saturated carbocycles. The Morgan fingerprint density at radius 1 is 1.15 bits per heavy atom. The summed E-state index contributed by atoms with van der Waals surface area (Å²) in [5.41, 5.74) is 1.61. The number of alkyl halides is 3. The Hall–Kier alpha value is -3.12. The Kier molecular flexibility index (Phi) is 6.14. The number of anilines is 1. The van der Waals surface area contributed by atoms with Crippen molar-refractivity contribution in [1.29, 1.82) is 5.26 Å². The quantitative estimate of drug-likeness (QED) is 0.588. The number of nitrogens with zero attached hydrogens (tertiary/aromatic N) is 2. The molecule has 136 valence electrons. The van der Waals surface area contributed by atoms with Gasteiger partial charge in [-0.2, -0.15) is 18.4 Å². The van der Waals surface area contributed by atoms with Crippen molar-refractivity contribution in [3.8, 4) is 6.07 Å². The maximum absolute atomic E-state index is 12.0. The summed E-state index contributed by atoms with van der Waals surface area (Å²) in [4.78, 5) is 10.5. The SMILES string of the molecule is N#Cc1ccc(NCc2ccc(COCC(F)(F)F)cc2)c([N+](=O)[O-])c1. The molecule has 0 amide bonds. The van der Waals surface area contributed by atoms with Gasteiger partial charge in [-0.3, -0.25) is 10.1 Å². The first-order chi connectivity index (χ1) is 12.3. The van der Waals surface area contributed by atoms with Crippen molar-refractivity contribution in [2.75, 3.05) is 11.9 Å². The zero-order valence-electron chi connectivity index (χ0n) is 13.4. The molecule has 9 heteroatoms. The smallest absolute Gasteiger partial charge is 0.375 e. The molecule has 0 atom stereocenters. The normalized spacial score (nSPS) is 11.0. The number of nitro groups is 1. The molecule has 0 aromatic heterocycles. The Bertz CT molecular complexity index is 815. The van der Waals surface area contributed by atoms with Gasteiger partial charge in [-0.05, 0) is 23.3 Å². The highest BCUT2D eigenvalue weighted by molar-refractivity contribution is 5.64. The van der Waals surface area contributed by atoms with Crippen molar-refractivity contribution < 1.29 is 22.8 Å². The van der Waals surface area contributed by atoms with Crippen LogP contribution in [0.25, 0.3) is 0 Å². The monoisotopic (exact) mass is 365 g/mol. The fraction of sp³-hybridized carbons (Fsp3) is 0.235. The Labute approximate surface area is 147 Å². The summed E-state index contributed by atoms with van der Waals surface area (Å²) in [6.07, 6.45) is -4.36. The number of hydrogen-bond acceptors (Lipinski definition) is 5. The van der Waals surface area contributed by atoms with Crippen LogP contribution in [0.1, 0.15) is 16.7 Å². The topological polar surface area (TPSA) is 88.2 Å². The van der Waals surface area contributed by atoms with E-state index in [1.54, 1.807) is 24.3 Å². The van der Waals surface area contributed by atoms with E-state index in [1.807, 2.05) is 6.07 Å². The molecule has 1 N–H and O–H groups in total. The largest absolute Gasteiger partial charge is 0.411 e. The zero-order chi connectivity index (χ0) is 19.2. The second-order valence-corrected chi connectivity index (χ2v) is 5.38. The lowest BCUT2D eigenvalue weighted by atomic mass is 10.1. The van der Waals surface area contributed by atoms with Crippen molar-refractivity contribution in [2.45, 2.75) is 19.3 Å². The van der Waals surface area contributed by atoms with Crippen LogP contribution in [0.2, 0.25) is 0 Å². The van der Waals surface area contributed by atoms with Crippen LogP contribution in [0.15, 0.2) is 42.5 Å². The Morgan fingerprint density at radius 3 is 2.38 bits per heavy atom. The van der Waals surface area contributed by atoms with E-state index in [2.05, 4.69) is 10.1 Å². The summed E-state index contributed by atoms with van der Waals surface area (Å²) >= 11 is 0. The van der Waals surface area contributed by atoms with E-state index in [4.69, 9.17) is 5.26 Å². The van der Waals surface area contributed by atoms with E-state index in [0.717, 1.165) is 5.56 Å². The summed E-state index contributed by atoms with van der Waals surface area (Å²) < 4.78 is 40.6. The number of nitrogens with one attached hydrogen (secondary N) is 1. The molecule has 0 bridgehead atoms. The van der Waals surface area contributed by atoms with Crippen molar-refractivity contribution in [3.63, 3.8) is 0 Å². The standard InChI is InChI=1S/C17H14F3N3O3/c18-17(19,20)11-26-10-13-3-1-12(2-4-13)9-22-15-6-5-14(8-21)7-16(15)23(24)25/h1-7,22H,9-11H2. The van der Waals surface area contributed by atoms with E-state index < -0.39 is 17.7 Å². The summed E-state index contributed by atoms with van der Waals surface area (Å²) in [5, 5.41) is 22.8. The average Bonchev–Trinajstić information content (AvgIpc) is 2.59. The van der Waals surface area contributed by atoms with E-state index in [9.17, 15) is 23.3 Å². The fourth-order valence-electron chi connectivity index (χ4n) is 2.14. The molecule has 0 unspecified atom stereocenters. The minimum atomic E-state index is -4.36. The number of benzene rings is 2. The van der Waals surface area contributed by atoms with Crippen LogP contribution in [0.3, 0.4) is 0 Å². The first-order valence-corrected chi connectivity index (χ1v) is 7.43. The van der Waals surface area contributed by atoms with Crippen LogP contribution in [-0.2, 0) is 17.9 Å². The number of nitriles is 1. The zero-order valence-corrected chi connectivity index (χ0v) is 13.4. The predicted molar refractivity (Wildman–Crippen MR) is 87.3 cm³/mol. The summed E-state index contributed by atoms with van der Waals surface area (Å²) in [5.74, 6) is 0. The molecule has 6 nitrogen and oxygen atoms in total. The molecule has 2 rings (SSSR count). The molecule has 0 heterocycles. The molecule has 26 heavy (non-hydrogen) atoms. The van der Waals surface area contributed by atoms with E-state index >= 15 is 0 Å². The second kappa shape index (κ2) is 8.31. The van der Waals surface area contributed by atoms with Gasteiger partial charge in [0.05, 0.1) is 23.2 Å². The highest BCUT2D eigenvalue weighted by Gasteiger charge is 2.27. The maximum Gasteiger partial charge on any atom is 0.411 e. The van der Waals surface area contributed by atoms with Gasteiger partial charge in [-0.15, -0.1) is 0 Å². The van der Waals surface area contributed by atoms with Gasteiger partial charge in [0.25, 0.3) is 5.69 Å². The molecule has 0 saturated heterocycles. The second-order valence-electron chi connectivity index (χ2n) is 5.38. The van der Waals surface area contributed by atoms with E-state index in [1.165, 1.54) is 18.2 Å². The van der Waals surface area contributed by atoms with Crippen LogP contribution < -0.4 is 5.32 Å². The van der Waals surface area contributed by atoms with Crippen LogP contribution in [0, 0.1) is 21.4 Å². The molecule has 0 aliphatic heterocycles. The average molecular weight is 365 g/mol. The van der Waals surface area contributed by atoms with Crippen molar-refractivity contribution in [2.24, 2.45) is 0 Å². The van der Waals surface area contributed by atoms with Crippen LogP contribution in [-0.4, -0.2) is 17.7 Å². The molecular formula is C17H14F3N3O3. The molecule has 0 aliphatic rings. The number of ether oxygens (including phenoxy) is 1. The minimum absolute atomic E-state index is 0.158. The number of hydrogen-bond donors (Lipinski definition) is 1.